The Kier molecular flexibility index (Phi) is 4.09. The summed E-state index contributed by atoms with van der Waals surface area (Å²) in [5.41, 5.74) is 2.67. The third-order valence-corrected chi connectivity index (χ3v) is 3.74. The van der Waals surface area contributed by atoms with Gasteiger partial charge in [0.05, 0.1) is 5.02 Å². The Hall–Kier alpha value is -0.980. The summed E-state index contributed by atoms with van der Waals surface area (Å²) in [5.74, 6) is 7.48. The number of hydrazine groups is 1. The average molecular weight is 273 g/mol. The van der Waals surface area contributed by atoms with Crippen LogP contribution in [0.3, 0.4) is 0 Å². The Balaban J connectivity index is 2.22. The minimum atomic E-state index is -0.132. The minimum absolute atomic E-state index is 0.132. The van der Waals surface area contributed by atoms with Gasteiger partial charge < -0.3 is 10.3 Å². The number of rotatable bonds is 2. The summed E-state index contributed by atoms with van der Waals surface area (Å²) in [6.07, 6.45) is 0. The molecule has 1 saturated heterocycles. The Morgan fingerprint density at radius 1 is 1.47 bits per heavy atom. The zero-order valence-electron chi connectivity index (χ0n) is 9.15. The Bertz CT molecular complexity index is 423. The van der Waals surface area contributed by atoms with E-state index >= 15 is 0 Å². The van der Waals surface area contributed by atoms with Gasteiger partial charge in [-0.2, -0.15) is 11.8 Å². The van der Waals surface area contributed by atoms with Crippen molar-refractivity contribution in [1.82, 2.24) is 9.88 Å². The van der Waals surface area contributed by atoms with Crippen molar-refractivity contribution in [2.45, 2.75) is 0 Å². The highest BCUT2D eigenvalue weighted by Gasteiger charge is 2.22. The Labute approximate surface area is 109 Å². The lowest BCUT2D eigenvalue weighted by molar-refractivity contribution is 0.0767. The predicted octanol–water partition coefficient (Wildman–Crippen LogP) is 1.21. The molecule has 0 radical (unpaired) electrons. The Morgan fingerprint density at radius 3 is 2.82 bits per heavy atom. The summed E-state index contributed by atoms with van der Waals surface area (Å²) in [6, 6.07) is 3.25. The molecule has 17 heavy (non-hydrogen) atoms. The fourth-order valence-electron chi connectivity index (χ4n) is 1.59. The van der Waals surface area contributed by atoms with Crippen LogP contribution in [0.25, 0.3) is 0 Å². The van der Waals surface area contributed by atoms with E-state index in [1.165, 1.54) is 0 Å². The van der Waals surface area contributed by atoms with Gasteiger partial charge in [-0.05, 0) is 12.1 Å². The third kappa shape index (κ3) is 2.83. The molecule has 0 aromatic carbocycles. The van der Waals surface area contributed by atoms with E-state index in [9.17, 15) is 4.79 Å². The molecule has 2 rings (SSSR count). The number of nitrogens with two attached hydrogens (primary N) is 1. The topological polar surface area (TPSA) is 71.2 Å². The van der Waals surface area contributed by atoms with Gasteiger partial charge in [-0.25, -0.2) is 10.8 Å². The van der Waals surface area contributed by atoms with Crippen LogP contribution in [0.2, 0.25) is 5.02 Å². The number of hydrogen-bond donors (Lipinski definition) is 2. The number of anilines is 1. The minimum Gasteiger partial charge on any atom is -0.336 e. The van der Waals surface area contributed by atoms with Crippen LogP contribution in [-0.4, -0.2) is 40.4 Å². The normalized spacial score (nSPS) is 15.8. The van der Waals surface area contributed by atoms with Gasteiger partial charge in [-0.15, -0.1) is 0 Å². The molecule has 1 aromatic heterocycles. The lowest BCUT2D eigenvalue weighted by atomic mass is 10.3. The van der Waals surface area contributed by atoms with E-state index in [-0.39, 0.29) is 11.6 Å². The fourth-order valence-corrected chi connectivity index (χ4v) is 2.68. The lowest BCUT2D eigenvalue weighted by Crippen LogP contribution is -2.38. The molecular formula is C10H13ClN4OS. The maximum Gasteiger partial charge on any atom is 0.274 e. The molecule has 0 aliphatic carbocycles. The van der Waals surface area contributed by atoms with Crippen molar-refractivity contribution in [2.24, 2.45) is 5.84 Å². The molecule has 0 unspecified atom stereocenters. The zero-order chi connectivity index (χ0) is 12.3. The fraction of sp³-hybridized carbons (Fsp3) is 0.400. The largest absolute Gasteiger partial charge is 0.336 e. The molecule has 1 fully saturated rings. The van der Waals surface area contributed by atoms with Crippen LogP contribution in [0.15, 0.2) is 12.1 Å². The van der Waals surface area contributed by atoms with Crippen molar-refractivity contribution >= 4 is 35.1 Å². The number of nitrogens with zero attached hydrogens (tertiary/aromatic N) is 2. The number of nitrogen functional groups attached to an aromatic ring is 1. The van der Waals surface area contributed by atoms with Gasteiger partial charge >= 0.3 is 0 Å². The Morgan fingerprint density at radius 2 is 2.18 bits per heavy atom. The van der Waals surface area contributed by atoms with Gasteiger partial charge in [0.25, 0.3) is 5.91 Å². The van der Waals surface area contributed by atoms with Crippen molar-refractivity contribution in [3.63, 3.8) is 0 Å². The smallest absolute Gasteiger partial charge is 0.274 e. The van der Waals surface area contributed by atoms with E-state index in [1.807, 2.05) is 11.8 Å². The highest BCUT2D eigenvalue weighted by Crippen LogP contribution is 2.20. The standard InChI is InChI=1S/C10H13ClN4OS/c11-7-1-2-8(14-12)13-9(7)10(16)15-3-5-17-6-4-15/h1-2H,3-6,12H2,(H,13,14). The van der Waals surface area contributed by atoms with Crippen LogP contribution < -0.4 is 11.3 Å². The molecule has 1 aliphatic rings. The van der Waals surface area contributed by atoms with E-state index in [4.69, 9.17) is 17.4 Å². The zero-order valence-corrected chi connectivity index (χ0v) is 10.7. The van der Waals surface area contributed by atoms with Crippen LogP contribution in [0.4, 0.5) is 5.82 Å². The number of aromatic nitrogens is 1. The number of halogens is 1. The highest BCUT2D eigenvalue weighted by atomic mass is 35.5. The number of carbonyl (C=O) groups is 1. The molecule has 2 heterocycles. The van der Waals surface area contributed by atoms with Crippen molar-refractivity contribution in [1.29, 1.82) is 0 Å². The van der Waals surface area contributed by atoms with E-state index < -0.39 is 0 Å². The van der Waals surface area contributed by atoms with Crippen molar-refractivity contribution < 1.29 is 4.79 Å². The number of carbonyl (C=O) groups excluding carboxylic acids is 1. The molecule has 92 valence electrons. The second kappa shape index (κ2) is 5.57. The van der Waals surface area contributed by atoms with E-state index in [0.29, 0.717) is 10.8 Å². The monoisotopic (exact) mass is 272 g/mol. The maximum absolute atomic E-state index is 12.2. The summed E-state index contributed by atoms with van der Waals surface area (Å²) < 4.78 is 0. The number of pyridine rings is 1. The molecule has 0 bridgehead atoms. The van der Waals surface area contributed by atoms with Crippen LogP contribution in [0.1, 0.15) is 10.5 Å². The molecule has 0 spiro atoms. The second-order valence-corrected chi connectivity index (χ2v) is 5.21. The first-order chi connectivity index (χ1) is 8.22. The average Bonchev–Trinajstić information content (AvgIpc) is 2.39. The first kappa shape index (κ1) is 12.5. The molecular weight excluding hydrogens is 260 g/mol. The summed E-state index contributed by atoms with van der Waals surface area (Å²) in [7, 11) is 0. The molecule has 0 atom stereocenters. The first-order valence-corrected chi connectivity index (χ1v) is 6.76. The summed E-state index contributed by atoms with van der Waals surface area (Å²) in [5, 5.41) is 0.354. The molecule has 1 aromatic rings. The second-order valence-electron chi connectivity index (χ2n) is 3.58. The third-order valence-electron chi connectivity index (χ3n) is 2.49. The summed E-state index contributed by atoms with van der Waals surface area (Å²) in [6.45, 7) is 1.48. The van der Waals surface area contributed by atoms with Crippen molar-refractivity contribution in [3.05, 3.63) is 22.8 Å². The van der Waals surface area contributed by atoms with Crippen LogP contribution in [-0.2, 0) is 0 Å². The number of amides is 1. The number of hydrogen-bond acceptors (Lipinski definition) is 5. The van der Waals surface area contributed by atoms with E-state index in [0.717, 1.165) is 24.6 Å². The van der Waals surface area contributed by atoms with Crippen molar-refractivity contribution in [2.75, 3.05) is 30.0 Å². The molecule has 3 N–H and O–H groups in total. The van der Waals surface area contributed by atoms with Gasteiger partial charge in [0.15, 0.2) is 0 Å². The van der Waals surface area contributed by atoms with Gasteiger partial charge in [0.1, 0.15) is 11.5 Å². The van der Waals surface area contributed by atoms with E-state index in [2.05, 4.69) is 10.4 Å². The highest BCUT2D eigenvalue weighted by molar-refractivity contribution is 7.99. The number of thioether (sulfide) groups is 1. The molecule has 1 aliphatic heterocycles. The quantitative estimate of drug-likeness (QED) is 0.625. The van der Waals surface area contributed by atoms with Gasteiger partial charge in [-0.3, -0.25) is 4.79 Å². The van der Waals surface area contributed by atoms with Crippen LogP contribution in [0, 0.1) is 0 Å². The van der Waals surface area contributed by atoms with Gasteiger partial charge in [0, 0.05) is 24.6 Å². The number of nitrogens with one attached hydrogen (secondary N) is 1. The maximum atomic E-state index is 12.2. The van der Waals surface area contributed by atoms with E-state index in [1.54, 1.807) is 17.0 Å². The SMILES string of the molecule is NNc1ccc(Cl)c(C(=O)N2CCSCC2)n1. The summed E-state index contributed by atoms with van der Waals surface area (Å²) >= 11 is 7.83. The predicted molar refractivity (Wildman–Crippen MR) is 70.3 cm³/mol. The molecule has 0 saturated carbocycles. The molecule has 5 nitrogen and oxygen atoms in total. The molecule has 1 amide bonds. The van der Waals surface area contributed by atoms with Crippen molar-refractivity contribution in [3.8, 4) is 0 Å². The van der Waals surface area contributed by atoms with Crippen LogP contribution >= 0.6 is 23.4 Å². The van der Waals surface area contributed by atoms with Gasteiger partial charge in [-0.1, -0.05) is 11.6 Å². The first-order valence-electron chi connectivity index (χ1n) is 5.22. The lowest BCUT2D eigenvalue weighted by Gasteiger charge is -2.26. The van der Waals surface area contributed by atoms with Crippen LogP contribution in [0.5, 0.6) is 0 Å². The summed E-state index contributed by atoms with van der Waals surface area (Å²) in [4.78, 5) is 18.1. The molecule has 7 heteroatoms. The van der Waals surface area contributed by atoms with Gasteiger partial charge in [0.2, 0.25) is 0 Å².